The van der Waals surface area contributed by atoms with E-state index in [1.807, 2.05) is 56.3 Å². The lowest BCUT2D eigenvalue weighted by Gasteiger charge is -2.32. The van der Waals surface area contributed by atoms with Gasteiger partial charge in [0.15, 0.2) is 5.82 Å². The average molecular weight is 402 g/mol. The van der Waals surface area contributed by atoms with Crippen LogP contribution in [0.2, 0.25) is 0 Å². The number of nitrogens with zero attached hydrogens (tertiary/aromatic N) is 3. The van der Waals surface area contributed by atoms with Crippen LogP contribution in [0.5, 0.6) is 11.6 Å². The number of aryl methyl sites for hydroxylation is 2. The molecule has 1 amide bonds. The molecule has 0 aliphatic carbocycles. The maximum absolute atomic E-state index is 12.8. The van der Waals surface area contributed by atoms with E-state index in [2.05, 4.69) is 26.3 Å². The maximum Gasteiger partial charge on any atom is 0.263 e. The van der Waals surface area contributed by atoms with Gasteiger partial charge in [-0.25, -0.2) is 9.97 Å². The van der Waals surface area contributed by atoms with Gasteiger partial charge in [-0.2, -0.15) is 0 Å². The molecule has 6 nitrogen and oxygen atoms in total. The van der Waals surface area contributed by atoms with Gasteiger partial charge in [0, 0.05) is 37.1 Å². The predicted octanol–water partition coefficient (Wildman–Crippen LogP) is 4.74. The van der Waals surface area contributed by atoms with Crippen LogP contribution in [0.25, 0.3) is 0 Å². The number of ether oxygens (including phenoxy) is 1. The van der Waals surface area contributed by atoms with Crippen LogP contribution >= 0.6 is 0 Å². The molecule has 3 aromatic rings. The summed E-state index contributed by atoms with van der Waals surface area (Å²) in [6, 6.07) is 15.7. The molecule has 0 unspecified atom stereocenters. The van der Waals surface area contributed by atoms with E-state index in [4.69, 9.17) is 4.74 Å². The maximum atomic E-state index is 12.8. The summed E-state index contributed by atoms with van der Waals surface area (Å²) in [5.41, 5.74) is 3.16. The monoisotopic (exact) mass is 402 g/mol. The zero-order valence-electron chi connectivity index (χ0n) is 17.3. The Balaban J connectivity index is 1.39. The minimum Gasteiger partial charge on any atom is -0.436 e. The summed E-state index contributed by atoms with van der Waals surface area (Å²) in [5, 5.41) is 3.08. The van der Waals surface area contributed by atoms with Crippen LogP contribution in [0.3, 0.4) is 0 Å². The smallest absolute Gasteiger partial charge is 0.263 e. The van der Waals surface area contributed by atoms with E-state index in [0.717, 1.165) is 54.3 Å². The number of hydrogen-bond acceptors (Lipinski definition) is 5. The van der Waals surface area contributed by atoms with Crippen molar-refractivity contribution in [1.82, 2.24) is 9.97 Å². The number of amides is 1. The molecule has 154 valence electrons. The number of anilines is 2. The van der Waals surface area contributed by atoms with E-state index >= 15 is 0 Å². The van der Waals surface area contributed by atoms with Gasteiger partial charge in [0.25, 0.3) is 5.88 Å². The van der Waals surface area contributed by atoms with Gasteiger partial charge in [-0.1, -0.05) is 24.3 Å². The number of rotatable bonds is 5. The Bertz CT molecular complexity index is 994. The van der Waals surface area contributed by atoms with E-state index in [9.17, 15) is 4.79 Å². The van der Waals surface area contributed by atoms with Gasteiger partial charge in [0.05, 0.1) is 0 Å². The first kappa shape index (κ1) is 19.9. The van der Waals surface area contributed by atoms with E-state index in [1.54, 1.807) is 12.4 Å². The van der Waals surface area contributed by atoms with Crippen molar-refractivity contribution < 1.29 is 9.53 Å². The van der Waals surface area contributed by atoms with Gasteiger partial charge in [-0.05, 0) is 62.1 Å². The van der Waals surface area contributed by atoms with Crippen molar-refractivity contribution in [2.24, 2.45) is 5.92 Å². The first-order valence-corrected chi connectivity index (χ1v) is 10.3. The summed E-state index contributed by atoms with van der Waals surface area (Å²) in [4.78, 5) is 23.8. The van der Waals surface area contributed by atoms with Gasteiger partial charge >= 0.3 is 0 Å². The third-order valence-electron chi connectivity index (χ3n) is 5.26. The molecule has 1 saturated heterocycles. The highest BCUT2D eigenvalue weighted by atomic mass is 16.5. The molecule has 0 radical (unpaired) electrons. The molecule has 0 saturated carbocycles. The van der Waals surface area contributed by atoms with E-state index in [-0.39, 0.29) is 11.8 Å². The Hall–Kier alpha value is -3.41. The largest absolute Gasteiger partial charge is 0.436 e. The van der Waals surface area contributed by atoms with Crippen LogP contribution < -0.4 is 15.0 Å². The van der Waals surface area contributed by atoms with Crippen LogP contribution in [-0.2, 0) is 4.79 Å². The molecule has 0 atom stereocenters. The molecule has 2 aromatic carbocycles. The Kier molecular flexibility index (Phi) is 5.93. The highest BCUT2D eigenvalue weighted by molar-refractivity contribution is 5.92. The molecule has 0 spiro atoms. The second kappa shape index (κ2) is 8.95. The second-order valence-electron chi connectivity index (χ2n) is 7.73. The van der Waals surface area contributed by atoms with Crippen LogP contribution in [0.1, 0.15) is 24.0 Å². The van der Waals surface area contributed by atoms with Crippen molar-refractivity contribution >= 4 is 17.4 Å². The molecule has 2 heterocycles. The molecular formula is C24H26N4O2. The molecule has 1 fully saturated rings. The molecular weight excluding hydrogens is 376 g/mol. The number of carbonyl (C=O) groups is 1. The number of aromatic nitrogens is 2. The summed E-state index contributed by atoms with van der Waals surface area (Å²) in [6.07, 6.45) is 4.83. The van der Waals surface area contributed by atoms with Crippen LogP contribution in [0, 0.1) is 19.8 Å². The van der Waals surface area contributed by atoms with Crippen LogP contribution in [0.4, 0.5) is 11.5 Å². The Morgan fingerprint density at radius 1 is 1.00 bits per heavy atom. The average Bonchev–Trinajstić information content (AvgIpc) is 2.74. The van der Waals surface area contributed by atoms with Crippen molar-refractivity contribution in [3.8, 4) is 11.6 Å². The van der Waals surface area contributed by atoms with Crippen molar-refractivity contribution in [3.05, 3.63) is 72.1 Å². The quantitative estimate of drug-likeness (QED) is 0.668. The number of piperidine rings is 1. The Morgan fingerprint density at radius 2 is 1.67 bits per heavy atom. The first-order valence-electron chi connectivity index (χ1n) is 10.3. The van der Waals surface area contributed by atoms with Gasteiger partial charge < -0.3 is 15.0 Å². The SMILES string of the molecule is Cc1cc(C)cc(NC(=O)C2CCN(c3nccnc3Oc3ccccc3)CC2)c1. The zero-order valence-corrected chi connectivity index (χ0v) is 17.3. The normalized spacial score (nSPS) is 14.4. The second-order valence-corrected chi connectivity index (χ2v) is 7.73. The molecule has 1 aliphatic rings. The number of benzene rings is 2. The molecule has 4 rings (SSSR count). The molecule has 0 bridgehead atoms. The standard InChI is InChI=1S/C24H26N4O2/c1-17-14-18(2)16-20(15-17)27-23(29)19-8-12-28(13-9-19)22-24(26-11-10-25-22)30-21-6-4-3-5-7-21/h3-7,10-11,14-16,19H,8-9,12-13H2,1-2H3,(H,27,29). The van der Waals surface area contributed by atoms with Crippen molar-refractivity contribution in [2.45, 2.75) is 26.7 Å². The number of nitrogens with one attached hydrogen (secondary N) is 1. The topological polar surface area (TPSA) is 67.4 Å². The lowest BCUT2D eigenvalue weighted by atomic mass is 9.95. The molecule has 1 aromatic heterocycles. The van der Waals surface area contributed by atoms with Gasteiger partial charge in [-0.3, -0.25) is 4.79 Å². The van der Waals surface area contributed by atoms with Crippen molar-refractivity contribution in [3.63, 3.8) is 0 Å². The molecule has 1 N–H and O–H groups in total. The minimum atomic E-state index is -0.0165. The highest BCUT2D eigenvalue weighted by Crippen LogP contribution is 2.31. The zero-order chi connectivity index (χ0) is 20.9. The highest BCUT2D eigenvalue weighted by Gasteiger charge is 2.27. The number of carbonyl (C=O) groups excluding carboxylic acids is 1. The molecule has 1 aliphatic heterocycles. The van der Waals surface area contributed by atoms with Crippen molar-refractivity contribution in [1.29, 1.82) is 0 Å². The fraction of sp³-hybridized carbons (Fsp3) is 0.292. The van der Waals surface area contributed by atoms with Gasteiger partial charge in [0.1, 0.15) is 5.75 Å². The number of hydrogen-bond donors (Lipinski definition) is 1. The number of para-hydroxylation sites is 1. The lowest BCUT2D eigenvalue weighted by Crippen LogP contribution is -2.38. The summed E-state index contributed by atoms with van der Waals surface area (Å²) in [5.74, 6) is 2.00. The Labute approximate surface area is 176 Å². The molecule has 6 heteroatoms. The minimum absolute atomic E-state index is 0.0165. The van der Waals surface area contributed by atoms with Crippen molar-refractivity contribution in [2.75, 3.05) is 23.3 Å². The summed E-state index contributed by atoms with van der Waals surface area (Å²) < 4.78 is 5.94. The lowest BCUT2D eigenvalue weighted by molar-refractivity contribution is -0.120. The van der Waals surface area contributed by atoms with Gasteiger partial charge in [-0.15, -0.1) is 0 Å². The fourth-order valence-electron chi connectivity index (χ4n) is 3.85. The van der Waals surface area contributed by atoms with E-state index < -0.39 is 0 Å². The predicted molar refractivity (Wildman–Crippen MR) is 118 cm³/mol. The van der Waals surface area contributed by atoms with Crippen LogP contribution in [0.15, 0.2) is 60.9 Å². The fourth-order valence-corrected chi connectivity index (χ4v) is 3.85. The van der Waals surface area contributed by atoms with E-state index in [0.29, 0.717) is 5.88 Å². The van der Waals surface area contributed by atoms with E-state index in [1.165, 1.54) is 0 Å². The first-order chi connectivity index (χ1) is 14.6. The van der Waals surface area contributed by atoms with Gasteiger partial charge in [0.2, 0.25) is 5.91 Å². The summed E-state index contributed by atoms with van der Waals surface area (Å²) in [6.45, 7) is 5.54. The summed E-state index contributed by atoms with van der Waals surface area (Å²) in [7, 11) is 0. The third kappa shape index (κ3) is 4.76. The third-order valence-corrected chi connectivity index (χ3v) is 5.26. The Morgan fingerprint density at radius 3 is 2.37 bits per heavy atom. The molecule has 30 heavy (non-hydrogen) atoms. The van der Waals surface area contributed by atoms with Crippen LogP contribution in [-0.4, -0.2) is 29.0 Å². The summed E-state index contributed by atoms with van der Waals surface area (Å²) >= 11 is 0.